The molecular formula is C16H15NO5. The molecule has 1 aromatic heterocycles. The lowest BCUT2D eigenvalue weighted by atomic mass is 9.97. The number of hydrogen-bond donors (Lipinski definition) is 2. The first-order valence-corrected chi connectivity index (χ1v) is 6.94. The van der Waals surface area contributed by atoms with Crippen LogP contribution in [0.4, 0.5) is 0 Å². The van der Waals surface area contributed by atoms with Gasteiger partial charge in [-0.2, -0.15) is 0 Å². The van der Waals surface area contributed by atoms with E-state index in [0.717, 1.165) is 17.5 Å². The predicted molar refractivity (Wildman–Crippen MR) is 76.4 cm³/mol. The lowest BCUT2D eigenvalue weighted by Crippen LogP contribution is -2.33. The summed E-state index contributed by atoms with van der Waals surface area (Å²) >= 11 is 0. The highest BCUT2D eigenvalue weighted by atomic mass is 16.5. The standard InChI is InChI=1S/C16H15NO5/c18-15(17-9-11-5-6-13(22-11)16(19)20)14-12-4-2-1-3-10(12)7-8-21-14/h1-6,14H,7-9H2,(H,17,18)(H,19,20). The van der Waals surface area contributed by atoms with Crippen LogP contribution in [0.15, 0.2) is 40.8 Å². The molecule has 3 rings (SSSR count). The number of carbonyl (C=O) groups excluding carboxylic acids is 1. The van der Waals surface area contributed by atoms with Crippen molar-refractivity contribution in [3.63, 3.8) is 0 Å². The van der Waals surface area contributed by atoms with Crippen molar-refractivity contribution >= 4 is 11.9 Å². The molecule has 2 heterocycles. The van der Waals surface area contributed by atoms with Gasteiger partial charge in [0.15, 0.2) is 6.10 Å². The Morgan fingerprint density at radius 3 is 2.82 bits per heavy atom. The van der Waals surface area contributed by atoms with Crippen molar-refractivity contribution < 1.29 is 23.8 Å². The number of furan rings is 1. The van der Waals surface area contributed by atoms with Gasteiger partial charge in [0.05, 0.1) is 13.2 Å². The SMILES string of the molecule is O=C(O)c1ccc(CNC(=O)C2OCCc3ccccc32)o1. The van der Waals surface area contributed by atoms with Crippen molar-refractivity contribution in [2.24, 2.45) is 0 Å². The molecule has 6 nitrogen and oxygen atoms in total. The van der Waals surface area contributed by atoms with E-state index in [4.69, 9.17) is 14.3 Å². The summed E-state index contributed by atoms with van der Waals surface area (Å²) in [5.41, 5.74) is 1.98. The maximum Gasteiger partial charge on any atom is 0.371 e. The van der Waals surface area contributed by atoms with Crippen LogP contribution >= 0.6 is 0 Å². The van der Waals surface area contributed by atoms with E-state index in [1.165, 1.54) is 12.1 Å². The van der Waals surface area contributed by atoms with Gasteiger partial charge in [0.2, 0.25) is 5.76 Å². The number of ether oxygens (including phenoxy) is 1. The molecule has 1 aliphatic rings. The first-order chi connectivity index (χ1) is 10.6. The largest absolute Gasteiger partial charge is 0.475 e. The van der Waals surface area contributed by atoms with Gasteiger partial charge in [0.25, 0.3) is 5.91 Å². The van der Waals surface area contributed by atoms with E-state index in [-0.39, 0.29) is 18.2 Å². The molecule has 0 bridgehead atoms. The second kappa shape index (κ2) is 6.03. The monoisotopic (exact) mass is 301 g/mol. The zero-order chi connectivity index (χ0) is 15.5. The van der Waals surface area contributed by atoms with Crippen LogP contribution in [-0.2, 0) is 22.5 Å². The van der Waals surface area contributed by atoms with Crippen molar-refractivity contribution in [1.82, 2.24) is 5.32 Å². The molecule has 0 spiro atoms. The van der Waals surface area contributed by atoms with Crippen molar-refractivity contribution in [3.8, 4) is 0 Å². The van der Waals surface area contributed by atoms with E-state index in [9.17, 15) is 9.59 Å². The van der Waals surface area contributed by atoms with Crippen molar-refractivity contribution in [1.29, 1.82) is 0 Å². The number of hydrogen-bond acceptors (Lipinski definition) is 4. The Balaban J connectivity index is 1.66. The van der Waals surface area contributed by atoms with E-state index in [1.54, 1.807) is 0 Å². The number of benzene rings is 1. The van der Waals surface area contributed by atoms with Crippen LogP contribution in [0.5, 0.6) is 0 Å². The molecular weight excluding hydrogens is 286 g/mol. The normalized spacial score (nSPS) is 16.8. The van der Waals surface area contributed by atoms with Gasteiger partial charge in [0.1, 0.15) is 5.76 Å². The Kier molecular flexibility index (Phi) is 3.93. The molecule has 0 radical (unpaired) electrons. The number of rotatable bonds is 4. The molecule has 22 heavy (non-hydrogen) atoms. The van der Waals surface area contributed by atoms with Crippen LogP contribution in [0.25, 0.3) is 0 Å². The number of amides is 1. The van der Waals surface area contributed by atoms with Gasteiger partial charge in [-0.15, -0.1) is 0 Å². The second-order valence-electron chi connectivity index (χ2n) is 4.99. The fourth-order valence-electron chi connectivity index (χ4n) is 2.47. The topological polar surface area (TPSA) is 88.8 Å². The number of carbonyl (C=O) groups is 2. The lowest BCUT2D eigenvalue weighted by molar-refractivity contribution is -0.134. The summed E-state index contributed by atoms with van der Waals surface area (Å²) in [5, 5.41) is 11.5. The third-order valence-corrected chi connectivity index (χ3v) is 3.54. The molecule has 114 valence electrons. The average molecular weight is 301 g/mol. The number of carboxylic acid groups (broad SMARTS) is 1. The minimum Gasteiger partial charge on any atom is -0.475 e. The molecule has 0 aliphatic carbocycles. The predicted octanol–water partition coefficient (Wildman–Crippen LogP) is 1.91. The molecule has 2 N–H and O–H groups in total. The fraction of sp³-hybridized carbons (Fsp3) is 0.250. The molecule has 1 atom stereocenters. The number of aromatic carboxylic acids is 1. The van der Waals surface area contributed by atoms with Crippen LogP contribution in [0.2, 0.25) is 0 Å². The Morgan fingerprint density at radius 2 is 2.05 bits per heavy atom. The van der Waals surface area contributed by atoms with Gasteiger partial charge in [-0.05, 0) is 29.7 Å². The Hall–Kier alpha value is -2.60. The molecule has 1 amide bonds. The zero-order valence-corrected chi connectivity index (χ0v) is 11.7. The molecule has 0 saturated carbocycles. The first-order valence-electron chi connectivity index (χ1n) is 6.94. The number of fused-ring (bicyclic) bond motifs is 1. The third-order valence-electron chi connectivity index (χ3n) is 3.54. The number of nitrogens with one attached hydrogen (secondary N) is 1. The highest BCUT2D eigenvalue weighted by molar-refractivity contribution is 5.84. The van der Waals surface area contributed by atoms with E-state index in [2.05, 4.69) is 5.32 Å². The van der Waals surface area contributed by atoms with Gasteiger partial charge in [-0.1, -0.05) is 24.3 Å². The third kappa shape index (κ3) is 2.87. The van der Waals surface area contributed by atoms with Crippen molar-refractivity contribution in [3.05, 3.63) is 59.0 Å². The Bertz CT molecular complexity index is 706. The molecule has 6 heteroatoms. The van der Waals surface area contributed by atoms with Crippen LogP contribution in [0.1, 0.15) is 33.5 Å². The van der Waals surface area contributed by atoms with Gasteiger partial charge < -0.3 is 19.6 Å². The number of carboxylic acids is 1. The van der Waals surface area contributed by atoms with Crippen LogP contribution in [0, 0.1) is 0 Å². The maximum atomic E-state index is 12.3. The highest BCUT2D eigenvalue weighted by Crippen LogP contribution is 2.27. The van der Waals surface area contributed by atoms with Gasteiger partial charge in [-0.25, -0.2) is 4.79 Å². The summed E-state index contributed by atoms with van der Waals surface area (Å²) < 4.78 is 10.7. The summed E-state index contributed by atoms with van der Waals surface area (Å²) in [6.07, 6.45) is 0.152. The summed E-state index contributed by atoms with van der Waals surface area (Å²) in [4.78, 5) is 23.0. The van der Waals surface area contributed by atoms with Gasteiger partial charge >= 0.3 is 5.97 Å². The summed E-state index contributed by atoms with van der Waals surface area (Å²) in [5.74, 6) is -1.17. The quantitative estimate of drug-likeness (QED) is 0.900. The minimum atomic E-state index is -1.14. The zero-order valence-electron chi connectivity index (χ0n) is 11.7. The van der Waals surface area contributed by atoms with E-state index in [0.29, 0.717) is 12.4 Å². The average Bonchev–Trinajstić information content (AvgIpc) is 3.01. The van der Waals surface area contributed by atoms with Crippen molar-refractivity contribution in [2.75, 3.05) is 6.61 Å². The maximum absolute atomic E-state index is 12.3. The fourth-order valence-corrected chi connectivity index (χ4v) is 2.47. The lowest BCUT2D eigenvalue weighted by Gasteiger charge is -2.25. The van der Waals surface area contributed by atoms with E-state index >= 15 is 0 Å². The van der Waals surface area contributed by atoms with Crippen LogP contribution < -0.4 is 5.32 Å². The Morgan fingerprint density at radius 1 is 1.23 bits per heavy atom. The van der Waals surface area contributed by atoms with Crippen LogP contribution in [0.3, 0.4) is 0 Å². The molecule has 2 aromatic rings. The van der Waals surface area contributed by atoms with Crippen molar-refractivity contribution in [2.45, 2.75) is 19.1 Å². The van der Waals surface area contributed by atoms with E-state index < -0.39 is 12.1 Å². The van der Waals surface area contributed by atoms with Crippen LogP contribution in [-0.4, -0.2) is 23.6 Å². The summed E-state index contributed by atoms with van der Waals surface area (Å²) in [6, 6.07) is 10.6. The second-order valence-corrected chi connectivity index (χ2v) is 4.99. The minimum absolute atomic E-state index is 0.119. The van der Waals surface area contributed by atoms with E-state index in [1.807, 2.05) is 24.3 Å². The molecule has 1 aliphatic heterocycles. The summed E-state index contributed by atoms with van der Waals surface area (Å²) in [6.45, 7) is 0.618. The van der Waals surface area contributed by atoms with Gasteiger partial charge in [-0.3, -0.25) is 4.79 Å². The molecule has 0 saturated heterocycles. The highest BCUT2D eigenvalue weighted by Gasteiger charge is 2.27. The summed E-state index contributed by atoms with van der Waals surface area (Å²) in [7, 11) is 0. The smallest absolute Gasteiger partial charge is 0.371 e. The molecule has 0 fully saturated rings. The molecule has 1 unspecified atom stereocenters. The first kappa shape index (κ1) is 14.3. The Labute approximate surface area is 126 Å². The molecule has 1 aromatic carbocycles. The van der Waals surface area contributed by atoms with Gasteiger partial charge in [0, 0.05) is 0 Å².